The third-order valence-electron chi connectivity index (χ3n) is 13.8. The topological polar surface area (TPSA) is 228 Å². The summed E-state index contributed by atoms with van der Waals surface area (Å²) in [5.41, 5.74) is 5.64. The Kier molecular flexibility index (Phi) is 15.6. The van der Waals surface area contributed by atoms with Crippen LogP contribution in [-0.2, 0) is 31.0 Å². The molecule has 4 aliphatic rings. The van der Waals surface area contributed by atoms with Gasteiger partial charge in [-0.2, -0.15) is 4.98 Å². The number of rotatable bonds is 14. The van der Waals surface area contributed by atoms with E-state index in [0.717, 1.165) is 98.9 Å². The van der Waals surface area contributed by atoms with Crippen molar-refractivity contribution in [2.45, 2.75) is 64.1 Å². The number of fused-ring (bicyclic) bond motifs is 2. The SMILES string of the molecule is CC#CC(=O)Nc1cc(Nc2ncc(Br)c(Nc3ccc4nccnc4c3N(C)S(C)(=O)=O)n2)c(OC)cc1N1CCC(N2CCN(CCCC#Cc3cccc4c3CN(C3CCC(=O)NC3=O)C4=O)CC2)CC1. The quantitative estimate of drug-likeness (QED) is 0.0636. The molecule has 4 amide bonds. The molecule has 9 rings (SSSR count). The van der Waals surface area contributed by atoms with Crippen LogP contribution in [0, 0.1) is 23.7 Å². The van der Waals surface area contributed by atoms with Crippen LogP contribution in [0.4, 0.5) is 40.2 Å². The van der Waals surface area contributed by atoms with Gasteiger partial charge >= 0.3 is 0 Å². The van der Waals surface area contributed by atoms with Crippen molar-refractivity contribution in [2.24, 2.45) is 0 Å². The lowest BCUT2D eigenvalue weighted by Crippen LogP contribution is -2.53. The number of carbonyl (C=O) groups is 4. The van der Waals surface area contributed by atoms with Gasteiger partial charge < -0.3 is 35.4 Å². The smallest absolute Gasteiger partial charge is 0.300 e. The summed E-state index contributed by atoms with van der Waals surface area (Å²) in [6.07, 6.45) is 9.77. The fraction of sp³-hybridized carbons (Fsp3) is 0.385. The van der Waals surface area contributed by atoms with Gasteiger partial charge in [0.05, 0.1) is 46.1 Å². The number of aromatic nitrogens is 4. The summed E-state index contributed by atoms with van der Waals surface area (Å²) in [7, 11) is -0.672. The van der Waals surface area contributed by atoms with Gasteiger partial charge in [-0.1, -0.05) is 23.8 Å². The molecule has 5 aromatic rings. The van der Waals surface area contributed by atoms with Crippen LogP contribution in [0.2, 0.25) is 0 Å². The van der Waals surface area contributed by atoms with Gasteiger partial charge in [0.15, 0.2) is 0 Å². The van der Waals surface area contributed by atoms with Gasteiger partial charge in [0.2, 0.25) is 27.8 Å². The Balaban J connectivity index is 0.808. The largest absolute Gasteiger partial charge is 0.494 e. The first-order chi connectivity index (χ1) is 35.7. The molecule has 20 nitrogen and oxygen atoms in total. The molecule has 1 unspecified atom stereocenters. The zero-order valence-electron chi connectivity index (χ0n) is 41.5. The number of unbranched alkanes of at least 4 members (excludes halogenated alkanes) is 1. The second-order valence-corrected chi connectivity index (χ2v) is 21.3. The molecule has 3 saturated heterocycles. The number of methoxy groups -OCH3 is 1. The molecule has 0 spiro atoms. The Labute approximate surface area is 438 Å². The number of nitrogens with zero attached hydrogens (tertiary/aromatic N) is 9. The molecule has 22 heteroatoms. The summed E-state index contributed by atoms with van der Waals surface area (Å²) >= 11 is 3.54. The molecule has 0 radical (unpaired) electrons. The zero-order chi connectivity index (χ0) is 52.1. The molecule has 4 N–H and O–H groups in total. The number of nitrogens with one attached hydrogen (secondary N) is 4. The average molecular weight is 1090 g/mol. The van der Waals surface area contributed by atoms with Gasteiger partial charge in [0, 0.05) is 108 Å². The van der Waals surface area contributed by atoms with Crippen molar-refractivity contribution >= 4 is 101 Å². The highest BCUT2D eigenvalue weighted by atomic mass is 79.9. The molecule has 0 bridgehead atoms. The number of anilines is 7. The van der Waals surface area contributed by atoms with E-state index in [1.54, 1.807) is 49.4 Å². The zero-order valence-corrected chi connectivity index (χ0v) is 43.9. The molecule has 384 valence electrons. The van der Waals surface area contributed by atoms with Crippen molar-refractivity contribution in [2.75, 3.05) is 91.4 Å². The summed E-state index contributed by atoms with van der Waals surface area (Å²) in [5.74, 6) is 11.5. The van der Waals surface area contributed by atoms with E-state index >= 15 is 0 Å². The lowest BCUT2D eigenvalue weighted by molar-refractivity contribution is -0.137. The van der Waals surface area contributed by atoms with Crippen molar-refractivity contribution in [1.29, 1.82) is 0 Å². The van der Waals surface area contributed by atoms with Crippen molar-refractivity contribution in [3.63, 3.8) is 0 Å². The Hall–Kier alpha value is -7.37. The molecule has 0 saturated carbocycles. The number of hydrogen-bond donors (Lipinski definition) is 4. The number of carbonyl (C=O) groups excluding carboxylic acids is 4. The number of piperidine rings is 2. The van der Waals surface area contributed by atoms with Crippen molar-refractivity contribution in [3.05, 3.63) is 82.2 Å². The predicted octanol–water partition coefficient (Wildman–Crippen LogP) is 5.22. The summed E-state index contributed by atoms with van der Waals surface area (Å²) < 4.78 is 33.1. The number of hydrogen-bond acceptors (Lipinski definition) is 16. The van der Waals surface area contributed by atoms with Crippen LogP contribution in [0.3, 0.4) is 0 Å². The minimum absolute atomic E-state index is 0.189. The molecule has 1 atom stereocenters. The third kappa shape index (κ3) is 11.4. The first kappa shape index (κ1) is 51.5. The van der Waals surface area contributed by atoms with Crippen molar-refractivity contribution in [3.8, 4) is 29.4 Å². The molecular formula is C52H56BrN13O7S. The fourth-order valence-electron chi connectivity index (χ4n) is 9.91. The minimum Gasteiger partial charge on any atom is -0.494 e. The van der Waals surface area contributed by atoms with Crippen LogP contribution in [0.1, 0.15) is 66.9 Å². The molecular weight excluding hydrogens is 1030 g/mol. The first-order valence-corrected chi connectivity index (χ1v) is 27.0. The van der Waals surface area contributed by atoms with Crippen LogP contribution in [-0.4, -0.2) is 145 Å². The van der Waals surface area contributed by atoms with E-state index in [2.05, 4.69) is 90.5 Å². The van der Waals surface area contributed by atoms with E-state index in [4.69, 9.17) is 9.72 Å². The van der Waals surface area contributed by atoms with E-state index in [1.807, 2.05) is 18.2 Å². The third-order valence-corrected chi connectivity index (χ3v) is 15.5. The number of benzene rings is 3. The van der Waals surface area contributed by atoms with E-state index in [-0.39, 0.29) is 24.2 Å². The molecule has 3 aromatic carbocycles. The van der Waals surface area contributed by atoms with Crippen LogP contribution in [0.25, 0.3) is 11.0 Å². The average Bonchev–Trinajstić information content (AvgIpc) is 3.73. The van der Waals surface area contributed by atoms with Gasteiger partial charge in [-0.15, -0.1) is 0 Å². The van der Waals surface area contributed by atoms with Crippen molar-refractivity contribution < 1.29 is 32.3 Å². The highest BCUT2D eigenvalue weighted by Gasteiger charge is 2.40. The summed E-state index contributed by atoms with van der Waals surface area (Å²) in [4.78, 5) is 77.4. The van der Waals surface area contributed by atoms with Crippen LogP contribution < -0.4 is 35.2 Å². The number of imide groups is 1. The first-order valence-electron chi connectivity index (χ1n) is 24.4. The van der Waals surface area contributed by atoms with E-state index < -0.39 is 27.9 Å². The number of halogens is 1. The van der Waals surface area contributed by atoms with Gasteiger partial charge in [-0.05, 0) is 96.9 Å². The van der Waals surface area contributed by atoms with Gasteiger partial charge in [0.1, 0.15) is 28.8 Å². The van der Waals surface area contributed by atoms with E-state index in [9.17, 15) is 27.6 Å². The number of sulfonamides is 1. The summed E-state index contributed by atoms with van der Waals surface area (Å²) in [5, 5.41) is 11.9. The summed E-state index contributed by atoms with van der Waals surface area (Å²) in [6, 6.07) is 12.4. The van der Waals surface area contributed by atoms with Crippen LogP contribution in [0.5, 0.6) is 5.75 Å². The predicted molar refractivity (Wildman–Crippen MR) is 286 cm³/mol. The Bertz CT molecular complexity index is 3270. The minimum atomic E-state index is -3.69. The summed E-state index contributed by atoms with van der Waals surface area (Å²) in [6.45, 7) is 8.26. The second-order valence-electron chi connectivity index (χ2n) is 18.4. The molecule has 6 heterocycles. The highest BCUT2D eigenvalue weighted by molar-refractivity contribution is 9.10. The molecule has 4 aliphatic heterocycles. The lowest BCUT2D eigenvalue weighted by atomic mass is 10.0. The Morgan fingerprint density at radius 3 is 2.49 bits per heavy atom. The normalized spacial score (nSPS) is 17.4. The number of ether oxygens (including phenoxy) is 1. The molecule has 2 aromatic heterocycles. The second kappa shape index (κ2) is 22.4. The molecule has 74 heavy (non-hydrogen) atoms. The fourth-order valence-corrected chi connectivity index (χ4v) is 10.7. The number of amides is 4. The van der Waals surface area contributed by atoms with E-state index in [1.165, 1.54) is 19.4 Å². The Morgan fingerprint density at radius 1 is 0.959 bits per heavy atom. The maximum atomic E-state index is 13.2. The Morgan fingerprint density at radius 2 is 1.74 bits per heavy atom. The van der Waals surface area contributed by atoms with Crippen molar-refractivity contribution in [1.82, 2.24) is 40.0 Å². The maximum Gasteiger partial charge on any atom is 0.300 e. The highest BCUT2D eigenvalue weighted by Crippen LogP contribution is 2.41. The monoisotopic (exact) mass is 1090 g/mol. The van der Waals surface area contributed by atoms with Gasteiger partial charge in [-0.25, -0.2) is 13.4 Å². The van der Waals surface area contributed by atoms with Gasteiger partial charge in [0.25, 0.3) is 11.8 Å². The van der Waals surface area contributed by atoms with Crippen LogP contribution in [0.15, 0.2) is 65.5 Å². The lowest BCUT2D eigenvalue weighted by Gasteiger charge is -2.43. The molecule has 3 fully saturated rings. The molecule has 0 aliphatic carbocycles. The van der Waals surface area contributed by atoms with E-state index in [0.29, 0.717) is 74.4 Å². The maximum absolute atomic E-state index is 13.2. The van der Waals surface area contributed by atoms with Crippen LogP contribution >= 0.6 is 15.9 Å². The number of piperazine rings is 1. The van der Waals surface area contributed by atoms with Gasteiger partial charge in [-0.3, -0.25) is 43.7 Å². The standard InChI is InChI=1S/C52H56BrN13O7S/c1-5-10-45(67)57-40-29-41(59-52-56-31-37(53)49(61-52)58-39-15-14-38-47(55-21-20-54-38)48(39)62(2)74(4,71)72)44(73-3)30-43(40)65-23-18-34(19-24-65)64-27-25-63(26-28-64)22-8-6-7-11-33-12-9-13-35-36(33)32-66(51(35)70)42-16-17-46(68)60-50(42)69/h9,12-15,20-21,29-31,34,42H,6,8,16-19,22-28,32H2,1-4H3,(H,57,67)(H,60,68,69)(H2,56,58,59,61).